The van der Waals surface area contributed by atoms with Crippen LogP contribution < -0.4 is 0 Å². The van der Waals surface area contributed by atoms with Gasteiger partial charge in [-0.3, -0.25) is 10.1 Å². The number of halogens is 1. The topological polar surface area (TPSA) is 63.4 Å². The molecule has 0 amide bonds. The van der Waals surface area contributed by atoms with Gasteiger partial charge in [0.1, 0.15) is 5.02 Å². The Balaban J connectivity index is 2.78. The highest BCUT2D eigenvalue weighted by atomic mass is 35.5. The monoisotopic (exact) mass is 229 g/mol. The van der Waals surface area contributed by atoms with Crippen LogP contribution in [-0.2, 0) is 6.42 Å². The van der Waals surface area contributed by atoms with Crippen molar-refractivity contribution in [3.63, 3.8) is 0 Å². The molecule has 0 heterocycles. The van der Waals surface area contributed by atoms with Crippen LogP contribution in [0.5, 0.6) is 0 Å². The molecule has 82 valence electrons. The molecular formula is C10H12ClNO3. The lowest BCUT2D eigenvalue weighted by Gasteiger charge is -2.04. The molecule has 1 unspecified atom stereocenters. The second kappa shape index (κ2) is 5.09. The summed E-state index contributed by atoms with van der Waals surface area (Å²) in [5, 5.41) is 19.7. The SMILES string of the molecule is CC(O)CCc1ccc([N+](=O)[O-])c(Cl)c1. The first-order valence-electron chi connectivity index (χ1n) is 4.61. The van der Waals surface area contributed by atoms with Crippen LogP contribution in [-0.4, -0.2) is 16.1 Å². The molecule has 0 aliphatic rings. The number of hydrogen-bond acceptors (Lipinski definition) is 3. The molecule has 5 heteroatoms. The van der Waals surface area contributed by atoms with Gasteiger partial charge < -0.3 is 5.11 Å². The Bertz CT molecular complexity index is 366. The summed E-state index contributed by atoms with van der Waals surface area (Å²) >= 11 is 5.74. The van der Waals surface area contributed by atoms with E-state index in [-0.39, 0.29) is 16.8 Å². The van der Waals surface area contributed by atoms with Crippen molar-refractivity contribution >= 4 is 17.3 Å². The van der Waals surface area contributed by atoms with Crippen LogP contribution in [0.15, 0.2) is 18.2 Å². The second-order valence-electron chi connectivity index (χ2n) is 3.43. The largest absolute Gasteiger partial charge is 0.393 e. The van der Waals surface area contributed by atoms with Crippen molar-refractivity contribution in [3.05, 3.63) is 38.9 Å². The fourth-order valence-electron chi connectivity index (χ4n) is 1.23. The van der Waals surface area contributed by atoms with E-state index in [4.69, 9.17) is 16.7 Å². The van der Waals surface area contributed by atoms with Crippen LogP contribution >= 0.6 is 11.6 Å². The van der Waals surface area contributed by atoms with Gasteiger partial charge in [0, 0.05) is 6.07 Å². The number of rotatable bonds is 4. The van der Waals surface area contributed by atoms with Crippen LogP contribution in [0.1, 0.15) is 18.9 Å². The zero-order valence-corrected chi connectivity index (χ0v) is 9.07. The summed E-state index contributed by atoms with van der Waals surface area (Å²) in [7, 11) is 0. The molecule has 15 heavy (non-hydrogen) atoms. The highest BCUT2D eigenvalue weighted by molar-refractivity contribution is 6.32. The molecule has 0 fully saturated rings. The van der Waals surface area contributed by atoms with Gasteiger partial charge in [-0.05, 0) is 31.4 Å². The Hall–Kier alpha value is -1.13. The van der Waals surface area contributed by atoms with Gasteiger partial charge in [-0.25, -0.2) is 0 Å². The van der Waals surface area contributed by atoms with E-state index in [1.165, 1.54) is 6.07 Å². The average molecular weight is 230 g/mol. The molecule has 1 rings (SSSR count). The Kier molecular flexibility index (Phi) is 4.05. The lowest BCUT2D eigenvalue weighted by molar-refractivity contribution is -0.384. The zero-order valence-electron chi connectivity index (χ0n) is 8.31. The number of aliphatic hydroxyl groups excluding tert-OH is 1. The Morgan fingerprint density at radius 1 is 1.60 bits per heavy atom. The first kappa shape index (κ1) is 11.9. The standard InChI is InChI=1S/C10H12ClNO3/c1-7(13)2-3-8-4-5-10(12(14)15)9(11)6-8/h4-7,13H,2-3H2,1H3. The van der Waals surface area contributed by atoms with Crippen molar-refractivity contribution in [2.24, 2.45) is 0 Å². The fourth-order valence-corrected chi connectivity index (χ4v) is 1.50. The van der Waals surface area contributed by atoms with Gasteiger partial charge in [0.05, 0.1) is 11.0 Å². The van der Waals surface area contributed by atoms with Crippen molar-refractivity contribution in [1.29, 1.82) is 0 Å². The molecule has 1 aromatic rings. The van der Waals surface area contributed by atoms with E-state index in [0.717, 1.165) is 5.56 Å². The Morgan fingerprint density at radius 2 is 2.27 bits per heavy atom. The van der Waals surface area contributed by atoms with Gasteiger partial charge >= 0.3 is 0 Å². The summed E-state index contributed by atoms with van der Waals surface area (Å²) in [5.41, 5.74) is 0.809. The predicted molar refractivity (Wildman–Crippen MR) is 58.1 cm³/mol. The molecule has 1 N–H and O–H groups in total. The number of benzene rings is 1. The van der Waals surface area contributed by atoms with Crippen molar-refractivity contribution in [2.45, 2.75) is 25.9 Å². The van der Waals surface area contributed by atoms with E-state index >= 15 is 0 Å². The van der Waals surface area contributed by atoms with Crippen LogP contribution in [0.25, 0.3) is 0 Å². The number of nitrogens with zero attached hydrogens (tertiary/aromatic N) is 1. The minimum absolute atomic E-state index is 0.0857. The van der Waals surface area contributed by atoms with E-state index in [2.05, 4.69) is 0 Å². The summed E-state index contributed by atoms with van der Waals surface area (Å²) in [4.78, 5) is 9.97. The number of aryl methyl sites for hydroxylation is 1. The number of hydrogen-bond donors (Lipinski definition) is 1. The summed E-state index contributed by atoms with van der Waals surface area (Å²) in [6, 6.07) is 4.62. The van der Waals surface area contributed by atoms with E-state index in [1.54, 1.807) is 19.1 Å². The van der Waals surface area contributed by atoms with Gasteiger partial charge in [-0.15, -0.1) is 0 Å². The lowest BCUT2D eigenvalue weighted by atomic mass is 10.1. The molecule has 0 spiro atoms. The number of nitro benzene ring substituents is 1. The maximum absolute atomic E-state index is 10.5. The van der Waals surface area contributed by atoms with E-state index in [9.17, 15) is 10.1 Å². The summed E-state index contributed by atoms with van der Waals surface area (Å²) < 4.78 is 0. The molecule has 1 atom stereocenters. The van der Waals surface area contributed by atoms with E-state index < -0.39 is 4.92 Å². The third-order valence-corrected chi connectivity index (χ3v) is 2.36. The lowest BCUT2D eigenvalue weighted by Crippen LogP contribution is -2.01. The average Bonchev–Trinajstić information content (AvgIpc) is 2.14. The van der Waals surface area contributed by atoms with Crippen LogP contribution in [0.3, 0.4) is 0 Å². The maximum Gasteiger partial charge on any atom is 0.287 e. The fraction of sp³-hybridized carbons (Fsp3) is 0.400. The third kappa shape index (κ3) is 3.49. The van der Waals surface area contributed by atoms with Gasteiger partial charge in [0.25, 0.3) is 5.69 Å². The van der Waals surface area contributed by atoms with Crippen LogP contribution in [0, 0.1) is 10.1 Å². The summed E-state index contributed by atoms with van der Waals surface area (Å²) in [6.45, 7) is 1.70. The van der Waals surface area contributed by atoms with Crippen molar-refractivity contribution in [2.75, 3.05) is 0 Å². The normalized spacial score (nSPS) is 12.5. The highest BCUT2D eigenvalue weighted by Crippen LogP contribution is 2.25. The van der Waals surface area contributed by atoms with E-state index in [1.807, 2.05) is 0 Å². The molecule has 0 bridgehead atoms. The molecule has 1 aromatic carbocycles. The smallest absolute Gasteiger partial charge is 0.287 e. The number of nitro groups is 1. The van der Waals surface area contributed by atoms with Gasteiger partial charge in [0.2, 0.25) is 0 Å². The minimum atomic E-state index is -0.513. The van der Waals surface area contributed by atoms with Crippen LogP contribution in [0.2, 0.25) is 5.02 Å². The number of aliphatic hydroxyl groups is 1. The molecule has 0 saturated carbocycles. The van der Waals surface area contributed by atoms with Gasteiger partial charge in [-0.1, -0.05) is 17.7 Å². The molecule has 0 aliphatic carbocycles. The molecule has 0 aliphatic heterocycles. The first-order valence-corrected chi connectivity index (χ1v) is 4.99. The second-order valence-corrected chi connectivity index (χ2v) is 3.84. The molecule has 4 nitrogen and oxygen atoms in total. The Labute approximate surface area is 92.6 Å². The van der Waals surface area contributed by atoms with Crippen molar-refractivity contribution in [1.82, 2.24) is 0 Å². The molecule has 0 aromatic heterocycles. The minimum Gasteiger partial charge on any atom is -0.393 e. The van der Waals surface area contributed by atoms with Gasteiger partial charge in [-0.2, -0.15) is 0 Å². The van der Waals surface area contributed by atoms with Crippen LogP contribution in [0.4, 0.5) is 5.69 Å². The predicted octanol–water partition coefficient (Wildman–Crippen LogP) is 2.56. The first-order chi connectivity index (χ1) is 7.00. The van der Waals surface area contributed by atoms with Crippen molar-refractivity contribution in [3.8, 4) is 0 Å². The van der Waals surface area contributed by atoms with Gasteiger partial charge in [0.15, 0.2) is 0 Å². The molecular weight excluding hydrogens is 218 g/mol. The van der Waals surface area contributed by atoms with Crippen molar-refractivity contribution < 1.29 is 10.0 Å². The summed E-state index contributed by atoms with van der Waals surface area (Å²) in [5.74, 6) is 0. The maximum atomic E-state index is 10.5. The third-order valence-electron chi connectivity index (χ3n) is 2.06. The molecule has 0 saturated heterocycles. The molecule has 0 radical (unpaired) electrons. The zero-order chi connectivity index (χ0) is 11.4. The van der Waals surface area contributed by atoms with E-state index in [0.29, 0.717) is 12.8 Å². The Morgan fingerprint density at radius 3 is 2.73 bits per heavy atom. The quantitative estimate of drug-likeness (QED) is 0.638. The highest BCUT2D eigenvalue weighted by Gasteiger charge is 2.11. The summed E-state index contributed by atoms with van der Waals surface area (Å²) in [6.07, 6.45) is 0.905.